The molecule has 110 valence electrons. The molecule has 0 unspecified atom stereocenters. The fraction of sp³-hybridized carbons (Fsp3) is 0.615. The summed E-state index contributed by atoms with van der Waals surface area (Å²) >= 11 is 0. The third kappa shape index (κ3) is 16.9. The van der Waals surface area contributed by atoms with Crippen LogP contribution in [-0.2, 0) is 6.42 Å². The SMILES string of the molecule is CCCCCCCCc1ccccn1.F[B-](F)(F)F. The van der Waals surface area contributed by atoms with Crippen molar-refractivity contribution in [1.82, 2.24) is 4.98 Å². The molecule has 1 rings (SSSR count). The molecule has 6 heteroatoms. The van der Waals surface area contributed by atoms with Crippen LogP contribution < -0.4 is 0 Å². The Bertz CT molecular complexity index is 297. The predicted molar refractivity (Wildman–Crippen MR) is 71.5 cm³/mol. The van der Waals surface area contributed by atoms with Crippen LogP contribution in [0.4, 0.5) is 17.3 Å². The van der Waals surface area contributed by atoms with Crippen LogP contribution in [0.2, 0.25) is 0 Å². The van der Waals surface area contributed by atoms with Gasteiger partial charge >= 0.3 is 7.25 Å². The van der Waals surface area contributed by atoms with Gasteiger partial charge in [0.05, 0.1) is 0 Å². The first-order valence-electron chi connectivity index (χ1n) is 6.70. The predicted octanol–water partition coefficient (Wildman–Crippen LogP) is 5.28. The third-order valence-corrected chi connectivity index (χ3v) is 2.51. The van der Waals surface area contributed by atoms with Gasteiger partial charge in [0.2, 0.25) is 0 Å². The van der Waals surface area contributed by atoms with Crippen LogP contribution in [0.5, 0.6) is 0 Å². The lowest BCUT2D eigenvalue weighted by Gasteiger charge is -2.00. The van der Waals surface area contributed by atoms with Gasteiger partial charge in [-0.15, -0.1) is 0 Å². The third-order valence-electron chi connectivity index (χ3n) is 2.51. The van der Waals surface area contributed by atoms with E-state index in [1.54, 1.807) is 0 Å². The van der Waals surface area contributed by atoms with Crippen molar-refractivity contribution in [2.75, 3.05) is 0 Å². The summed E-state index contributed by atoms with van der Waals surface area (Å²) < 4.78 is 39.0. The molecule has 0 saturated carbocycles. The molecule has 0 aliphatic heterocycles. The summed E-state index contributed by atoms with van der Waals surface area (Å²) in [6, 6.07) is 6.16. The van der Waals surface area contributed by atoms with Crippen molar-refractivity contribution >= 4 is 7.25 Å². The zero-order chi connectivity index (χ0) is 14.6. The molecule has 0 aliphatic rings. The first-order valence-corrected chi connectivity index (χ1v) is 6.70. The van der Waals surface area contributed by atoms with E-state index in [1.807, 2.05) is 12.3 Å². The van der Waals surface area contributed by atoms with Crippen LogP contribution in [0.3, 0.4) is 0 Å². The Morgan fingerprint density at radius 3 is 2.05 bits per heavy atom. The molecule has 1 aromatic rings. The van der Waals surface area contributed by atoms with Crippen molar-refractivity contribution < 1.29 is 17.3 Å². The summed E-state index contributed by atoms with van der Waals surface area (Å²) in [5, 5.41) is 0. The molecule has 0 bridgehead atoms. The summed E-state index contributed by atoms with van der Waals surface area (Å²) in [6.07, 6.45) is 11.2. The molecule has 0 fully saturated rings. The van der Waals surface area contributed by atoms with Gasteiger partial charge in [-0.05, 0) is 25.0 Å². The Hall–Kier alpha value is -1.07. The average molecular weight is 278 g/mol. The Labute approximate surface area is 112 Å². The maximum atomic E-state index is 9.75. The Balaban J connectivity index is 0.000000555. The number of hydrogen-bond donors (Lipinski definition) is 0. The fourth-order valence-electron chi connectivity index (χ4n) is 1.63. The number of hydrogen-bond acceptors (Lipinski definition) is 1. The summed E-state index contributed by atoms with van der Waals surface area (Å²) in [6.45, 7) is 2.26. The molecule has 0 aromatic carbocycles. The topological polar surface area (TPSA) is 12.9 Å². The fourth-order valence-corrected chi connectivity index (χ4v) is 1.63. The molecule has 0 radical (unpaired) electrons. The maximum absolute atomic E-state index is 9.75. The van der Waals surface area contributed by atoms with Crippen molar-refractivity contribution in [1.29, 1.82) is 0 Å². The van der Waals surface area contributed by atoms with Gasteiger partial charge in [0.25, 0.3) is 0 Å². The lowest BCUT2D eigenvalue weighted by atomic mass is 10.1. The Kier molecular flexibility index (Phi) is 10.2. The number of aryl methyl sites for hydroxylation is 1. The monoisotopic (exact) mass is 278 g/mol. The molecule has 0 saturated heterocycles. The first kappa shape index (κ1) is 17.9. The van der Waals surface area contributed by atoms with E-state index in [-0.39, 0.29) is 0 Å². The number of unbranched alkanes of at least 4 members (excludes halogenated alkanes) is 5. The minimum Gasteiger partial charge on any atom is -0.418 e. The molecule has 1 nitrogen and oxygen atoms in total. The summed E-state index contributed by atoms with van der Waals surface area (Å²) in [5.41, 5.74) is 1.24. The van der Waals surface area contributed by atoms with Crippen molar-refractivity contribution in [3.8, 4) is 0 Å². The van der Waals surface area contributed by atoms with Gasteiger partial charge in [0.15, 0.2) is 0 Å². The van der Waals surface area contributed by atoms with E-state index < -0.39 is 7.25 Å². The minimum atomic E-state index is -6.00. The van der Waals surface area contributed by atoms with Gasteiger partial charge in [-0.2, -0.15) is 0 Å². The van der Waals surface area contributed by atoms with Crippen LogP contribution in [-0.4, -0.2) is 12.2 Å². The second kappa shape index (κ2) is 10.8. The largest absolute Gasteiger partial charge is 0.673 e. The highest BCUT2D eigenvalue weighted by Crippen LogP contribution is 2.08. The van der Waals surface area contributed by atoms with E-state index in [0.717, 1.165) is 6.42 Å². The minimum absolute atomic E-state index is 1.15. The maximum Gasteiger partial charge on any atom is 0.673 e. The van der Waals surface area contributed by atoms with Crippen LogP contribution in [0.25, 0.3) is 0 Å². The van der Waals surface area contributed by atoms with Gasteiger partial charge in [-0.3, -0.25) is 4.98 Å². The van der Waals surface area contributed by atoms with Crippen LogP contribution in [0.1, 0.15) is 51.1 Å². The molecule has 19 heavy (non-hydrogen) atoms. The number of halogens is 4. The highest BCUT2D eigenvalue weighted by Gasteiger charge is 2.20. The molecule has 1 aromatic heterocycles. The highest BCUT2D eigenvalue weighted by molar-refractivity contribution is 6.50. The van der Waals surface area contributed by atoms with Gasteiger partial charge in [-0.25, -0.2) is 0 Å². The Morgan fingerprint density at radius 1 is 0.947 bits per heavy atom. The molecule has 0 spiro atoms. The van der Waals surface area contributed by atoms with Crippen LogP contribution in [0.15, 0.2) is 24.4 Å². The highest BCUT2D eigenvalue weighted by atomic mass is 19.5. The second-order valence-electron chi connectivity index (χ2n) is 4.33. The molecule has 0 atom stereocenters. The lowest BCUT2D eigenvalue weighted by Crippen LogP contribution is -2.02. The molecule has 0 N–H and O–H groups in total. The molecule has 0 aliphatic carbocycles. The zero-order valence-electron chi connectivity index (χ0n) is 11.3. The second-order valence-corrected chi connectivity index (χ2v) is 4.33. The van der Waals surface area contributed by atoms with Gasteiger partial charge in [0, 0.05) is 11.9 Å². The molecular weight excluding hydrogens is 257 g/mol. The van der Waals surface area contributed by atoms with E-state index in [1.165, 1.54) is 44.2 Å². The van der Waals surface area contributed by atoms with Gasteiger partial charge in [0.1, 0.15) is 0 Å². The Morgan fingerprint density at radius 2 is 1.53 bits per heavy atom. The number of rotatable bonds is 7. The molecule has 1 heterocycles. The summed E-state index contributed by atoms with van der Waals surface area (Å²) in [5.74, 6) is 0. The number of aromatic nitrogens is 1. The number of pyridine rings is 1. The van der Waals surface area contributed by atoms with Gasteiger partial charge in [-0.1, -0.05) is 45.1 Å². The normalized spacial score (nSPS) is 10.8. The van der Waals surface area contributed by atoms with Crippen molar-refractivity contribution in [2.24, 2.45) is 0 Å². The van der Waals surface area contributed by atoms with E-state index in [2.05, 4.69) is 24.0 Å². The van der Waals surface area contributed by atoms with E-state index in [9.17, 15) is 17.3 Å². The summed E-state index contributed by atoms with van der Waals surface area (Å²) in [4.78, 5) is 4.31. The number of nitrogens with zero attached hydrogens (tertiary/aromatic N) is 1. The van der Waals surface area contributed by atoms with Gasteiger partial charge < -0.3 is 17.3 Å². The van der Waals surface area contributed by atoms with Crippen LogP contribution in [0, 0.1) is 0 Å². The van der Waals surface area contributed by atoms with E-state index >= 15 is 0 Å². The lowest BCUT2D eigenvalue weighted by molar-refractivity contribution is 0.368. The van der Waals surface area contributed by atoms with E-state index in [0.29, 0.717) is 0 Å². The van der Waals surface area contributed by atoms with Crippen molar-refractivity contribution in [2.45, 2.75) is 51.9 Å². The standard InChI is InChI=1S/C13H21N.BF4/c1-2-3-4-5-6-7-10-13-11-8-9-12-14-13;2-1(3,4)5/h8-9,11-12H,2-7,10H2,1H3;/q;-1. The molecule has 0 amide bonds. The quantitative estimate of drug-likeness (QED) is 0.375. The van der Waals surface area contributed by atoms with Crippen LogP contribution >= 0.6 is 0 Å². The summed E-state index contributed by atoms with van der Waals surface area (Å²) in [7, 11) is -6.00. The smallest absolute Gasteiger partial charge is 0.418 e. The van der Waals surface area contributed by atoms with Crippen molar-refractivity contribution in [3.63, 3.8) is 0 Å². The zero-order valence-corrected chi connectivity index (χ0v) is 11.3. The average Bonchev–Trinajstić information content (AvgIpc) is 2.33. The van der Waals surface area contributed by atoms with Crippen molar-refractivity contribution in [3.05, 3.63) is 30.1 Å². The first-order chi connectivity index (χ1) is 8.93. The molecular formula is C13H21BF4N-. The van der Waals surface area contributed by atoms with E-state index in [4.69, 9.17) is 0 Å².